The zero-order valence-corrected chi connectivity index (χ0v) is 15.9. The number of anilines is 1. The Morgan fingerprint density at radius 2 is 1.86 bits per heavy atom. The Kier molecular flexibility index (Phi) is 7.83. The largest absolute Gasteiger partial charge is 0.508 e. The normalized spacial score (nSPS) is 10.5. The van der Waals surface area contributed by atoms with Gasteiger partial charge in [0.1, 0.15) is 11.5 Å². The third-order valence-electron chi connectivity index (χ3n) is 4.25. The second kappa shape index (κ2) is 10.3. The van der Waals surface area contributed by atoms with E-state index in [1.54, 1.807) is 24.3 Å². The van der Waals surface area contributed by atoms with Gasteiger partial charge in [0.25, 0.3) is 5.91 Å². The summed E-state index contributed by atoms with van der Waals surface area (Å²) in [4.78, 5) is 26.0. The number of amides is 1. The van der Waals surface area contributed by atoms with E-state index < -0.39 is 5.97 Å². The first-order chi connectivity index (χ1) is 13.5. The number of nitrogens with two attached hydrogens (primary N) is 1. The van der Waals surface area contributed by atoms with Crippen molar-refractivity contribution in [1.29, 1.82) is 0 Å². The SMILES string of the molecule is CCCCN(C(=O)COc1ccc(O)cc1)c1cc(CCN)ccc1C(=O)O. The predicted octanol–water partition coefficient (Wildman–Crippen LogP) is 2.80. The van der Waals surface area contributed by atoms with E-state index in [0.717, 1.165) is 18.4 Å². The molecule has 0 atom stereocenters. The van der Waals surface area contributed by atoms with Crippen LogP contribution in [0.25, 0.3) is 0 Å². The van der Waals surface area contributed by atoms with Crippen LogP contribution in [-0.4, -0.2) is 41.8 Å². The molecule has 150 valence electrons. The van der Waals surface area contributed by atoms with Gasteiger partial charge >= 0.3 is 5.97 Å². The molecule has 2 aromatic carbocycles. The maximum atomic E-state index is 12.9. The van der Waals surface area contributed by atoms with E-state index in [9.17, 15) is 19.8 Å². The number of aromatic carboxylic acids is 1. The fraction of sp³-hybridized carbons (Fsp3) is 0.333. The number of carbonyl (C=O) groups excluding carboxylic acids is 1. The highest BCUT2D eigenvalue weighted by molar-refractivity contribution is 6.02. The van der Waals surface area contributed by atoms with Crippen molar-refractivity contribution in [3.8, 4) is 11.5 Å². The summed E-state index contributed by atoms with van der Waals surface area (Å²) in [6, 6.07) is 11.0. The van der Waals surface area contributed by atoms with Crippen molar-refractivity contribution in [2.24, 2.45) is 5.73 Å². The number of hydrogen-bond acceptors (Lipinski definition) is 5. The van der Waals surface area contributed by atoms with E-state index in [1.165, 1.54) is 23.1 Å². The number of aromatic hydroxyl groups is 1. The molecular formula is C21H26N2O5. The number of rotatable bonds is 10. The molecule has 0 unspecified atom stereocenters. The molecule has 4 N–H and O–H groups in total. The van der Waals surface area contributed by atoms with Gasteiger partial charge in [-0.2, -0.15) is 0 Å². The standard InChI is InChI=1S/C21H26N2O5/c1-2-3-12-23(20(25)14-28-17-7-5-16(24)6-8-17)19-13-15(10-11-22)4-9-18(19)21(26)27/h4-9,13,24H,2-3,10-12,14,22H2,1H3,(H,26,27). The van der Waals surface area contributed by atoms with Crippen molar-refractivity contribution in [3.05, 3.63) is 53.6 Å². The number of phenolic OH excluding ortho intramolecular Hbond substituents is 1. The van der Waals surface area contributed by atoms with Crippen LogP contribution in [-0.2, 0) is 11.2 Å². The first-order valence-corrected chi connectivity index (χ1v) is 9.24. The molecule has 2 rings (SSSR count). The summed E-state index contributed by atoms with van der Waals surface area (Å²) >= 11 is 0. The van der Waals surface area contributed by atoms with Crippen molar-refractivity contribution in [2.75, 3.05) is 24.6 Å². The average Bonchev–Trinajstić information content (AvgIpc) is 2.68. The van der Waals surface area contributed by atoms with E-state index in [2.05, 4.69) is 0 Å². The second-order valence-corrected chi connectivity index (χ2v) is 6.38. The number of nitrogens with zero attached hydrogens (tertiary/aromatic N) is 1. The van der Waals surface area contributed by atoms with Gasteiger partial charge in [0.15, 0.2) is 6.61 Å². The number of hydrogen-bond donors (Lipinski definition) is 3. The molecule has 0 fully saturated rings. The lowest BCUT2D eigenvalue weighted by atomic mass is 10.0. The van der Waals surface area contributed by atoms with Crippen LogP contribution in [0.1, 0.15) is 35.7 Å². The molecule has 7 heteroatoms. The first-order valence-electron chi connectivity index (χ1n) is 9.24. The Bertz CT molecular complexity index is 805. The van der Waals surface area contributed by atoms with E-state index in [-0.39, 0.29) is 23.8 Å². The molecule has 2 aromatic rings. The Morgan fingerprint density at radius 3 is 2.46 bits per heavy atom. The van der Waals surface area contributed by atoms with E-state index in [1.807, 2.05) is 6.92 Å². The maximum Gasteiger partial charge on any atom is 0.337 e. The van der Waals surface area contributed by atoms with Gasteiger partial charge in [0.05, 0.1) is 11.3 Å². The lowest BCUT2D eigenvalue weighted by Gasteiger charge is -2.25. The van der Waals surface area contributed by atoms with Gasteiger partial charge in [0.2, 0.25) is 0 Å². The molecule has 0 bridgehead atoms. The van der Waals surface area contributed by atoms with Crippen LogP contribution >= 0.6 is 0 Å². The Hall–Kier alpha value is -3.06. The van der Waals surface area contributed by atoms with Crippen LogP contribution in [0.4, 0.5) is 5.69 Å². The van der Waals surface area contributed by atoms with Crippen molar-refractivity contribution in [3.63, 3.8) is 0 Å². The van der Waals surface area contributed by atoms with Crippen LogP contribution in [0.5, 0.6) is 11.5 Å². The number of unbranched alkanes of at least 4 members (excludes halogenated alkanes) is 1. The summed E-state index contributed by atoms with van der Waals surface area (Å²) in [6.45, 7) is 2.58. The molecule has 0 radical (unpaired) electrons. The lowest BCUT2D eigenvalue weighted by molar-refractivity contribution is -0.120. The van der Waals surface area contributed by atoms with Crippen LogP contribution in [0, 0.1) is 0 Å². The molecule has 0 spiro atoms. The molecule has 1 amide bonds. The first kappa shape index (κ1) is 21.2. The maximum absolute atomic E-state index is 12.9. The monoisotopic (exact) mass is 386 g/mol. The Balaban J connectivity index is 2.28. The van der Waals surface area contributed by atoms with E-state index >= 15 is 0 Å². The molecule has 0 aromatic heterocycles. The molecule has 0 heterocycles. The van der Waals surface area contributed by atoms with Gasteiger partial charge < -0.3 is 25.6 Å². The topological polar surface area (TPSA) is 113 Å². The summed E-state index contributed by atoms with van der Waals surface area (Å²) in [5, 5.41) is 18.9. The second-order valence-electron chi connectivity index (χ2n) is 6.38. The minimum Gasteiger partial charge on any atom is -0.508 e. The number of phenols is 1. The molecule has 0 saturated carbocycles. The molecule has 7 nitrogen and oxygen atoms in total. The summed E-state index contributed by atoms with van der Waals surface area (Å²) in [6.07, 6.45) is 2.17. The third kappa shape index (κ3) is 5.72. The minimum absolute atomic E-state index is 0.0647. The van der Waals surface area contributed by atoms with Gasteiger partial charge in [-0.15, -0.1) is 0 Å². The lowest BCUT2D eigenvalue weighted by Crippen LogP contribution is -2.37. The minimum atomic E-state index is -1.09. The van der Waals surface area contributed by atoms with Crippen LogP contribution in [0.3, 0.4) is 0 Å². The molecule has 0 aliphatic heterocycles. The predicted molar refractivity (Wildman–Crippen MR) is 107 cm³/mol. The fourth-order valence-corrected chi connectivity index (χ4v) is 2.76. The molecule has 0 aliphatic carbocycles. The van der Waals surface area contributed by atoms with Gasteiger partial charge in [-0.1, -0.05) is 19.4 Å². The summed E-state index contributed by atoms with van der Waals surface area (Å²) in [5.41, 5.74) is 6.90. The number of carboxylic acids is 1. The molecular weight excluding hydrogens is 360 g/mol. The molecule has 0 saturated heterocycles. The fourth-order valence-electron chi connectivity index (χ4n) is 2.76. The average molecular weight is 386 g/mol. The van der Waals surface area contributed by atoms with Gasteiger partial charge in [-0.3, -0.25) is 4.79 Å². The highest BCUT2D eigenvalue weighted by atomic mass is 16.5. The Labute approximate surface area is 164 Å². The van der Waals surface area contributed by atoms with Crippen LogP contribution < -0.4 is 15.4 Å². The number of carboxylic acid groups (broad SMARTS) is 1. The van der Waals surface area contributed by atoms with Gasteiger partial charge in [-0.05, 0) is 61.3 Å². The number of carbonyl (C=O) groups is 2. The smallest absolute Gasteiger partial charge is 0.337 e. The van der Waals surface area contributed by atoms with Crippen molar-refractivity contribution in [1.82, 2.24) is 0 Å². The zero-order valence-electron chi connectivity index (χ0n) is 15.9. The highest BCUT2D eigenvalue weighted by Crippen LogP contribution is 2.24. The van der Waals surface area contributed by atoms with Crippen LogP contribution in [0.2, 0.25) is 0 Å². The van der Waals surface area contributed by atoms with Crippen molar-refractivity contribution >= 4 is 17.6 Å². The molecule has 28 heavy (non-hydrogen) atoms. The quantitative estimate of drug-likeness (QED) is 0.579. The highest BCUT2D eigenvalue weighted by Gasteiger charge is 2.22. The van der Waals surface area contributed by atoms with E-state index in [4.69, 9.17) is 10.5 Å². The Morgan fingerprint density at radius 1 is 1.14 bits per heavy atom. The van der Waals surface area contributed by atoms with Crippen molar-refractivity contribution < 1.29 is 24.5 Å². The summed E-state index contributed by atoms with van der Waals surface area (Å²) < 4.78 is 5.51. The molecule has 0 aliphatic rings. The van der Waals surface area contributed by atoms with Gasteiger partial charge in [-0.25, -0.2) is 4.79 Å². The van der Waals surface area contributed by atoms with E-state index in [0.29, 0.717) is 30.9 Å². The van der Waals surface area contributed by atoms with Crippen LogP contribution in [0.15, 0.2) is 42.5 Å². The number of ether oxygens (including phenoxy) is 1. The summed E-state index contributed by atoms with van der Waals surface area (Å²) in [7, 11) is 0. The van der Waals surface area contributed by atoms with Crippen molar-refractivity contribution in [2.45, 2.75) is 26.2 Å². The third-order valence-corrected chi connectivity index (χ3v) is 4.25. The zero-order chi connectivity index (χ0) is 20.5. The number of benzene rings is 2. The summed E-state index contributed by atoms with van der Waals surface area (Å²) in [5.74, 6) is -0.889. The van der Waals surface area contributed by atoms with Gasteiger partial charge in [0, 0.05) is 6.54 Å².